The summed E-state index contributed by atoms with van der Waals surface area (Å²) in [7, 11) is 0. The van der Waals surface area contributed by atoms with Crippen molar-refractivity contribution in [2.24, 2.45) is 0 Å². The third-order valence-corrected chi connectivity index (χ3v) is 6.25. The number of fused-ring (bicyclic) bond motifs is 1. The van der Waals surface area contributed by atoms with Crippen LogP contribution < -0.4 is 9.64 Å². The molecule has 0 unspecified atom stereocenters. The Morgan fingerprint density at radius 2 is 1.71 bits per heavy atom. The van der Waals surface area contributed by atoms with Crippen molar-refractivity contribution in [3.8, 4) is 5.75 Å². The molecule has 1 amide bonds. The first kappa shape index (κ1) is 21.1. The summed E-state index contributed by atoms with van der Waals surface area (Å²) in [6.07, 6.45) is 0. The molecule has 4 aromatic rings. The summed E-state index contributed by atoms with van der Waals surface area (Å²) in [5, 5.41) is 0.696. The lowest BCUT2D eigenvalue weighted by Crippen LogP contribution is -2.34. The zero-order valence-electron chi connectivity index (χ0n) is 18.3. The molecule has 0 atom stereocenters. The van der Waals surface area contributed by atoms with Gasteiger partial charge in [-0.15, -0.1) is 0 Å². The number of benzene rings is 3. The maximum atomic E-state index is 13.3. The van der Waals surface area contributed by atoms with Crippen molar-refractivity contribution in [1.82, 2.24) is 4.98 Å². The lowest BCUT2D eigenvalue weighted by atomic mass is 10.1. The number of thiazole rings is 1. The Hall–Kier alpha value is -3.18. The summed E-state index contributed by atoms with van der Waals surface area (Å²) in [6, 6.07) is 20.2. The minimum atomic E-state index is -0.113. The normalized spacial score (nSPS) is 11.0. The highest BCUT2D eigenvalue weighted by Gasteiger charge is 2.22. The second-order valence-electron chi connectivity index (χ2n) is 7.95. The van der Waals surface area contributed by atoms with E-state index in [0.717, 1.165) is 38.2 Å². The van der Waals surface area contributed by atoms with Crippen LogP contribution in [0.2, 0.25) is 0 Å². The van der Waals surface area contributed by atoms with Crippen molar-refractivity contribution < 1.29 is 9.53 Å². The van der Waals surface area contributed by atoms with Gasteiger partial charge in [0.1, 0.15) is 5.75 Å². The van der Waals surface area contributed by atoms with Gasteiger partial charge >= 0.3 is 0 Å². The van der Waals surface area contributed by atoms with E-state index in [2.05, 4.69) is 26.0 Å². The molecule has 0 saturated heterocycles. The molecule has 0 aliphatic heterocycles. The molecule has 0 radical (unpaired) electrons. The Kier molecular flexibility index (Phi) is 6.05. The van der Waals surface area contributed by atoms with Crippen LogP contribution in [0.4, 0.5) is 5.13 Å². The highest BCUT2D eigenvalue weighted by molar-refractivity contribution is 7.22. The number of hydrogen-bond donors (Lipinski definition) is 0. The number of aryl methyl sites for hydroxylation is 4. The zero-order valence-corrected chi connectivity index (χ0v) is 19.1. The number of nitrogens with zero attached hydrogens (tertiary/aromatic N) is 2. The minimum absolute atomic E-state index is 0.0366. The summed E-state index contributed by atoms with van der Waals surface area (Å²) in [4.78, 5) is 19.9. The van der Waals surface area contributed by atoms with Gasteiger partial charge in [-0.2, -0.15) is 0 Å². The molecule has 0 N–H and O–H groups in total. The van der Waals surface area contributed by atoms with Crippen molar-refractivity contribution in [2.45, 2.75) is 34.2 Å². The quantitative estimate of drug-likeness (QED) is 0.369. The summed E-state index contributed by atoms with van der Waals surface area (Å²) in [5.74, 6) is 0.627. The van der Waals surface area contributed by atoms with Crippen molar-refractivity contribution in [2.75, 3.05) is 11.5 Å². The van der Waals surface area contributed by atoms with E-state index in [1.54, 1.807) is 16.2 Å². The fourth-order valence-electron chi connectivity index (χ4n) is 3.58. The van der Waals surface area contributed by atoms with Gasteiger partial charge in [0.15, 0.2) is 11.7 Å². The summed E-state index contributed by atoms with van der Waals surface area (Å²) in [5.41, 5.74) is 6.43. The smallest absolute Gasteiger partial charge is 0.267 e. The largest absolute Gasteiger partial charge is 0.483 e. The van der Waals surface area contributed by atoms with Crippen LogP contribution in [0.15, 0.2) is 60.7 Å². The van der Waals surface area contributed by atoms with Gasteiger partial charge in [-0.1, -0.05) is 59.9 Å². The molecule has 4 nitrogen and oxygen atoms in total. The zero-order chi connectivity index (χ0) is 22.0. The Balaban J connectivity index is 1.65. The van der Waals surface area contributed by atoms with E-state index in [1.165, 1.54) is 5.56 Å². The van der Waals surface area contributed by atoms with E-state index in [-0.39, 0.29) is 12.5 Å². The van der Waals surface area contributed by atoms with Crippen LogP contribution in [-0.2, 0) is 11.3 Å². The van der Waals surface area contributed by atoms with E-state index in [1.807, 2.05) is 62.4 Å². The Labute approximate surface area is 187 Å². The second kappa shape index (κ2) is 8.90. The van der Waals surface area contributed by atoms with Crippen LogP contribution in [-0.4, -0.2) is 17.5 Å². The molecular weight excluding hydrogens is 404 g/mol. The maximum absolute atomic E-state index is 13.3. The van der Waals surface area contributed by atoms with Crippen molar-refractivity contribution in [3.63, 3.8) is 0 Å². The highest BCUT2D eigenvalue weighted by Crippen LogP contribution is 2.32. The number of carbonyl (C=O) groups excluding carboxylic acids is 1. The van der Waals surface area contributed by atoms with Crippen LogP contribution in [0.25, 0.3) is 10.2 Å². The van der Waals surface area contributed by atoms with E-state index < -0.39 is 0 Å². The van der Waals surface area contributed by atoms with Crippen LogP contribution in [0, 0.1) is 27.7 Å². The first-order valence-corrected chi connectivity index (χ1v) is 11.1. The Morgan fingerprint density at radius 1 is 0.935 bits per heavy atom. The maximum Gasteiger partial charge on any atom is 0.267 e. The van der Waals surface area contributed by atoms with Crippen molar-refractivity contribution in [3.05, 3.63) is 88.5 Å². The highest BCUT2D eigenvalue weighted by atomic mass is 32.1. The average Bonchev–Trinajstić information content (AvgIpc) is 3.17. The second-order valence-corrected chi connectivity index (χ2v) is 8.96. The third kappa shape index (κ3) is 4.78. The molecule has 0 bridgehead atoms. The van der Waals surface area contributed by atoms with Gasteiger partial charge in [0.25, 0.3) is 5.91 Å². The molecule has 31 heavy (non-hydrogen) atoms. The number of ether oxygens (including phenoxy) is 1. The van der Waals surface area contributed by atoms with Gasteiger partial charge in [0.2, 0.25) is 0 Å². The monoisotopic (exact) mass is 430 g/mol. The van der Waals surface area contributed by atoms with E-state index in [9.17, 15) is 4.79 Å². The molecule has 0 fully saturated rings. The van der Waals surface area contributed by atoms with Crippen molar-refractivity contribution >= 4 is 32.6 Å². The molecule has 0 spiro atoms. The molecule has 3 aromatic carbocycles. The first-order chi connectivity index (χ1) is 14.9. The fourth-order valence-corrected chi connectivity index (χ4v) is 4.74. The Bertz CT molecular complexity index is 1230. The van der Waals surface area contributed by atoms with Gasteiger partial charge < -0.3 is 4.74 Å². The topological polar surface area (TPSA) is 42.4 Å². The van der Waals surface area contributed by atoms with Gasteiger partial charge in [-0.05, 0) is 67.6 Å². The summed E-state index contributed by atoms with van der Waals surface area (Å²) in [6.45, 7) is 8.56. The summed E-state index contributed by atoms with van der Waals surface area (Å²) < 4.78 is 7.01. The average molecular weight is 431 g/mol. The van der Waals surface area contributed by atoms with Crippen molar-refractivity contribution in [1.29, 1.82) is 0 Å². The summed E-state index contributed by atoms with van der Waals surface area (Å²) >= 11 is 1.55. The van der Waals surface area contributed by atoms with Gasteiger partial charge in [0.05, 0.1) is 16.8 Å². The molecule has 0 aliphatic rings. The Morgan fingerprint density at radius 3 is 2.48 bits per heavy atom. The van der Waals surface area contributed by atoms with Crippen LogP contribution in [0.1, 0.15) is 27.8 Å². The number of rotatable bonds is 6. The van der Waals surface area contributed by atoms with Gasteiger partial charge in [-0.25, -0.2) is 4.98 Å². The fraction of sp³-hybridized carbons (Fsp3) is 0.231. The first-order valence-electron chi connectivity index (χ1n) is 10.3. The molecule has 0 aliphatic carbocycles. The molecule has 0 saturated carbocycles. The lowest BCUT2D eigenvalue weighted by Gasteiger charge is -2.20. The number of aromatic nitrogens is 1. The van der Waals surface area contributed by atoms with Gasteiger partial charge in [0, 0.05) is 0 Å². The molecule has 158 valence electrons. The minimum Gasteiger partial charge on any atom is -0.483 e. The number of anilines is 1. The molecular formula is C26H26N2O2S. The van der Waals surface area contributed by atoms with E-state index in [0.29, 0.717) is 11.7 Å². The standard InChI is InChI=1S/C26H26N2O2S/c1-17-10-11-19(3)22(13-17)30-16-24(29)28(15-21-8-6-5-7-9-21)26-27-25-20(4)12-18(2)14-23(25)31-26/h5-14H,15-16H2,1-4H3. The molecule has 1 aromatic heterocycles. The number of hydrogen-bond acceptors (Lipinski definition) is 4. The van der Waals surface area contributed by atoms with Crippen LogP contribution in [0.3, 0.4) is 0 Å². The predicted molar refractivity (Wildman–Crippen MR) is 128 cm³/mol. The van der Waals surface area contributed by atoms with Gasteiger partial charge in [-0.3, -0.25) is 9.69 Å². The third-order valence-electron chi connectivity index (χ3n) is 5.23. The van der Waals surface area contributed by atoms with E-state index in [4.69, 9.17) is 9.72 Å². The molecule has 4 rings (SSSR count). The number of carbonyl (C=O) groups is 1. The van der Waals surface area contributed by atoms with Crippen LogP contribution in [0.5, 0.6) is 5.75 Å². The SMILES string of the molecule is Cc1ccc(C)c(OCC(=O)N(Cc2ccccc2)c2nc3c(C)cc(C)cc3s2)c1. The predicted octanol–water partition coefficient (Wildman–Crippen LogP) is 6.14. The molecule has 1 heterocycles. The van der Waals surface area contributed by atoms with Crippen LogP contribution >= 0.6 is 11.3 Å². The molecule has 5 heteroatoms. The lowest BCUT2D eigenvalue weighted by molar-refractivity contribution is -0.120. The number of amides is 1. The van der Waals surface area contributed by atoms with E-state index >= 15 is 0 Å².